The lowest BCUT2D eigenvalue weighted by Crippen LogP contribution is -1.96. The van der Waals surface area contributed by atoms with E-state index in [0.717, 1.165) is 17.1 Å². The molecular formula is C8H11N3. The highest BCUT2D eigenvalue weighted by atomic mass is 14.9. The zero-order valence-corrected chi connectivity index (χ0v) is 6.76. The smallest absolute Gasteiger partial charge is 0.105 e. The summed E-state index contributed by atoms with van der Waals surface area (Å²) in [6, 6.07) is 0. The van der Waals surface area contributed by atoms with Crippen LogP contribution in [-0.2, 0) is 0 Å². The number of hydrogen-bond acceptors (Lipinski definition) is 2. The summed E-state index contributed by atoms with van der Waals surface area (Å²) in [7, 11) is 0. The molecule has 0 atom stereocenters. The van der Waals surface area contributed by atoms with E-state index >= 15 is 0 Å². The first-order valence-electron chi connectivity index (χ1n) is 3.41. The van der Waals surface area contributed by atoms with Crippen LogP contribution >= 0.6 is 0 Å². The Morgan fingerprint density at radius 1 is 1.82 bits per heavy atom. The first kappa shape index (κ1) is 7.72. The van der Waals surface area contributed by atoms with Gasteiger partial charge in [0.2, 0.25) is 0 Å². The summed E-state index contributed by atoms with van der Waals surface area (Å²) in [4.78, 5) is 11.1. The Hall–Kier alpha value is -1.38. The van der Waals surface area contributed by atoms with Crippen LogP contribution in [0.5, 0.6) is 0 Å². The lowest BCUT2D eigenvalue weighted by atomic mass is 10.2. The average Bonchev–Trinajstić information content (AvgIpc) is 2.36. The molecule has 0 unspecified atom stereocenters. The molecule has 1 heterocycles. The highest BCUT2D eigenvalue weighted by Gasteiger charge is 2.02. The van der Waals surface area contributed by atoms with Gasteiger partial charge in [-0.1, -0.05) is 6.58 Å². The van der Waals surface area contributed by atoms with Crippen LogP contribution in [0.2, 0.25) is 0 Å². The molecule has 1 rings (SSSR count). The molecule has 58 valence electrons. The number of aliphatic imine (C=N–C) groups is 1. The molecular weight excluding hydrogens is 138 g/mol. The number of aromatic nitrogens is 2. The topological polar surface area (TPSA) is 41.0 Å². The van der Waals surface area contributed by atoms with Crippen molar-refractivity contribution in [1.82, 2.24) is 9.97 Å². The summed E-state index contributed by atoms with van der Waals surface area (Å²) < 4.78 is 0. The first-order valence-corrected chi connectivity index (χ1v) is 3.41. The molecule has 0 aromatic carbocycles. The number of rotatable bonds is 2. The van der Waals surface area contributed by atoms with Gasteiger partial charge in [0.15, 0.2) is 0 Å². The fourth-order valence-electron chi connectivity index (χ4n) is 0.922. The monoisotopic (exact) mass is 149 g/mol. The van der Waals surface area contributed by atoms with Crippen LogP contribution in [0.15, 0.2) is 24.1 Å². The third kappa shape index (κ3) is 1.55. The van der Waals surface area contributed by atoms with Crippen molar-refractivity contribution in [2.75, 3.05) is 0 Å². The van der Waals surface area contributed by atoms with E-state index in [9.17, 15) is 0 Å². The van der Waals surface area contributed by atoms with Gasteiger partial charge in [0, 0.05) is 11.9 Å². The number of aryl methyl sites for hydroxylation is 1. The van der Waals surface area contributed by atoms with Gasteiger partial charge in [-0.15, -0.1) is 0 Å². The minimum atomic E-state index is 0.888. The standard InChI is InChI=1S/C8H11N3/c1-4-9-6(2)8-7(3)10-5-11-8/h4-5H,1H2,2-3H3,(H,10,11). The van der Waals surface area contributed by atoms with Gasteiger partial charge >= 0.3 is 0 Å². The third-order valence-electron chi connectivity index (χ3n) is 1.46. The van der Waals surface area contributed by atoms with E-state index in [1.807, 2.05) is 13.8 Å². The Bertz CT molecular complexity index is 283. The van der Waals surface area contributed by atoms with Crippen LogP contribution in [-0.4, -0.2) is 15.7 Å². The number of H-pyrrole nitrogens is 1. The van der Waals surface area contributed by atoms with Gasteiger partial charge in [-0.05, 0) is 13.8 Å². The predicted molar refractivity (Wildman–Crippen MR) is 45.7 cm³/mol. The second-order valence-electron chi connectivity index (χ2n) is 2.27. The second kappa shape index (κ2) is 3.14. The van der Waals surface area contributed by atoms with Crippen LogP contribution in [0.3, 0.4) is 0 Å². The van der Waals surface area contributed by atoms with Gasteiger partial charge in [0.25, 0.3) is 0 Å². The number of aromatic amines is 1. The molecule has 0 fully saturated rings. The summed E-state index contributed by atoms with van der Waals surface area (Å²) in [5.74, 6) is 0. The van der Waals surface area contributed by atoms with Crippen molar-refractivity contribution in [3.05, 3.63) is 30.5 Å². The minimum absolute atomic E-state index is 0.888. The zero-order valence-electron chi connectivity index (χ0n) is 6.76. The summed E-state index contributed by atoms with van der Waals surface area (Å²) in [5, 5.41) is 0. The van der Waals surface area contributed by atoms with E-state index in [1.54, 1.807) is 6.33 Å². The Kier molecular flexibility index (Phi) is 2.21. The maximum Gasteiger partial charge on any atom is 0.105 e. The fraction of sp³-hybridized carbons (Fsp3) is 0.250. The van der Waals surface area contributed by atoms with Gasteiger partial charge < -0.3 is 4.98 Å². The molecule has 0 amide bonds. The third-order valence-corrected chi connectivity index (χ3v) is 1.46. The first-order chi connectivity index (χ1) is 5.25. The van der Waals surface area contributed by atoms with E-state index in [1.165, 1.54) is 6.20 Å². The largest absolute Gasteiger partial charge is 0.348 e. The molecule has 3 heteroatoms. The Morgan fingerprint density at radius 3 is 3.00 bits per heavy atom. The van der Waals surface area contributed by atoms with Crippen molar-refractivity contribution < 1.29 is 0 Å². The fourth-order valence-corrected chi connectivity index (χ4v) is 0.922. The van der Waals surface area contributed by atoms with Gasteiger partial charge in [0.05, 0.1) is 12.0 Å². The quantitative estimate of drug-likeness (QED) is 0.638. The van der Waals surface area contributed by atoms with E-state index in [0.29, 0.717) is 0 Å². The van der Waals surface area contributed by atoms with Crippen molar-refractivity contribution in [2.24, 2.45) is 4.99 Å². The van der Waals surface area contributed by atoms with E-state index in [-0.39, 0.29) is 0 Å². The summed E-state index contributed by atoms with van der Waals surface area (Å²) in [6.07, 6.45) is 3.18. The molecule has 1 aromatic rings. The maximum atomic E-state index is 4.10. The van der Waals surface area contributed by atoms with Crippen LogP contribution in [0.4, 0.5) is 0 Å². The SMILES string of the molecule is C=CN=C(C)c1nc[nH]c1C. The normalized spacial score (nSPS) is 11.6. The number of nitrogens with zero attached hydrogens (tertiary/aromatic N) is 2. The van der Waals surface area contributed by atoms with Crippen LogP contribution < -0.4 is 0 Å². The summed E-state index contributed by atoms with van der Waals surface area (Å²) in [5.41, 5.74) is 2.83. The lowest BCUT2D eigenvalue weighted by Gasteiger charge is -1.93. The average molecular weight is 149 g/mol. The molecule has 1 aromatic heterocycles. The van der Waals surface area contributed by atoms with Crippen molar-refractivity contribution in [3.63, 3.8) is 0 Å². The molecule has 0 radical (unpaired) electrons. The Morgan fingerprint density at radius 2 is 2.55 bits per heavy atom. The molecule has 11 heavy (non-hydrogen) atoms. The van der Waals surface area contributed by atoms with E-state index in [2.05, 4.69) is 21.5 Å². The van der Waals surface area contributed by atoms with Crippen molar-refractivity contribution in [3.8, 4) is 0 Å². The molecule has 3 nitrogen and oxygen atoms in total. The maximum absolute atomic E-state index is 4.10. The Labute approximate surface area is 65.9 Å². The summed E-state index contributed by atoms with van der Waals surface area (Å²) in [6.45, 7) is 7.39. The molecule has 0 bridgehead atoms. The molecule has 0 saturated heterocycles. The molecule has 0 aliphatic heterocycles. The number of imidazole rings is 1. The van der Waals surface area contributed by atoms with Crippen molar-refractivity contribution in [1.29, 1.82) is 0 Å². The van der Waals surface area contributed by atoms with Crippen LogP contribution in [0, 0.1) is 6.92 Å². The molecule has 0 aliphatic carbocycles. The van der Waals surface area contributed by atoms with Gasteiger partial charge in [0.1, 0.15) is 5.69 Å². The number of hydrogen-bond donors (Lipinski definition) is 1. The minimum Gasteiger partial charge on any atom is -0.348 e. The highest BCUT2D eigenvalue weighted by molar-refractivity contribution is 5.98. The molecule has 0 saturated carbocycles. The molecule has 0 spiro atoms. The van der Waals surface area contributed by atoms with E-state index in [4.69, 9.17) is 0 Å². The van der Waals surface area contributed by atoms with Crippen LogP contribution in [0.1, 0.15) is 18.3 Å². The van der Waals surface area contributed by atoms with Crippen molar-refractivity contribution in [2.45, 2.75) is 13.8 Å². The Balaban J connectivity index is 3.01. The second-order valence-corrected chi connectivity index (χ2v) is 2.27. The van der Waals surface area contributed by atoms with Gasteiger partial charge in [-0.3, -0.25) is 4.99 Å². The van der Waals surface area contributed by atoms with Gasteiger partial charge in [-0.2, -0.15) is 0 Å². The molecule has 0 aliphatic rings. The zero-order chi connectivity index (χ0) is 8.27. The number of nitrogens with one attached hydrogen (secondary N) is 1. The molecule has 1 N–H and O–H groups in total. The lowest BCUT2D eigenvalue weighted by molar-refractivity contribution is 1.25. The highest BCUT2D eigenvalue weighted by Crippen LogP contribution is 2.01. The predicted octanol–water partition coefficient (Wildman–Crippen LogP) is 1.67. The van der Waals surface area contributed by atoms with Gasteiger partial charge in [-0.25, -0.2) is 4.98 Å². The van der Waals surface area contributed by atoms with Crippen molar-refractivity contribution >= 4 is 5.71 Å². The van der Waals surface area contributed by atoms with Crippen LogP contribution in [0.25, 0.3) is 0 Å². The van der Waals surface area contributed by atoms with E-state index < -0.39 is 0 Å². The summed E-state index contributed by atoms with van der Waals surface area (Å²) >= 11 is 0.